The van der Waals surface area contributed by atoms with E-state index in [1.807, 2.05) is 37.3 Å². The van der Waals surface area contributed by atoms with Crippen molar-refractivity contribution in [2.75, 3.05) is 14.2 Å². The maximum Gasteiger partial charge on any atom is 0.149 e. The molecule has 23 heavy (non-hydrogen) atoms. The first-order valence-corrected chi connectivity index (χ1v) is 7.11. The van der Waals surface area contributed by atoms with Crippen molar-refractivity contribution >= 4 is 6.21 Å². The molecule has 1 N–H and O–H groups in total. The molecule has 1 aromatic heterocycles. The van der Waals surface area contributed by atoms with Gasteiger partial charge in [-0.1, -0.05) is 11.2 Å². The summed E-state index contributed by atoms with van der Waals surface area (Å²) >= 11 is 0. The smallest absolute Gasteiger partial charge is 0.149 e. The second-order valence-electron chi connectivity index (χ2n) is 4.87. The molecule has 6 heteroatoms. The molecule has 0 aliphatic carbocycles. The predicted molar refractivity (Wildman–Crippen MR) is 86.8 cm³/mol. The molecule has 1 aromatic carbocycles. The highest BCUT2D eigenvalue weighted by Crippen LogP contribution is 2.28. The van der Waals surface area contributed by atoms with Crippen LogP contribution in [0.5, 0.6) is 11.5 Å². The molecule has 0 unspecified atom stereocenters. The van der Waals surface area contributed by atoms with Crippen molar-refractivity contribution in [3.8, 4) is 11.5 Å². The van der Waals surface area contributed by atoms with E-state index in [9.17, 15) is 0 Å². The van der Waals surface area contributed by atoms with Crippen molar-refractivity contribution in [3.05, 3.63) is 52.8 Å². The fraction of sp³-hybridized carbons (Fsp3) is 0.294. The van der Waals surface area contributed by atoms with Crippen molar-refractivity contribution in [3.63, 3.8) is 0 Å². The number of hydrogen-bond donors (Lipinski definition) is 1. The third kappa shape index (κ3) is 4.43. The van der Waals surface area contributed by atoms with E-state index in [1.165, 1.54) is 6.21 Å². The van der Waals surface area contributed by atoms with Gasteiger partial charge >= 0.3 is 0 Å². The lowest BCUT2D eigenvalue weighted by molar-refractivity contribution is 0.127. The first-order valence-electron chi connectivity index (χ1n) is 7.11. The molecule has 1 heterocycles. The van der Waals surface area contributed by atoms with Crippen molar-refractivity contribution in [2.24, 2.45) is 5.16 Å². The highest BCUT2D eigenvalue weighted by molar-refractivity contribution is 5.76. The highest BCUT2D eigenvalue weighted by Gasteiger charge is 2.10. The molecule has 2 aromatic rings. The number of aliphatic hydroxyl groups is 1. The number of hydrogen-bond acceptors (Lipinski definition) is 6. The fourth-order valence-corrected chi connectivity index (χ4v) is 2.18. The van der Waals surface area contributed by atoms with E-state index in [4.69, 9.17) is 19.4 Å². The van der Waals surface area contributed by atoms with Crippen LogP contribution in [0.3, 0.4) is 0 Å². The number of benzene rings is 1. The van der Waals surface area contributed by atoms with Gasteiger partial charge in [0.15, 0.2) is 0 Å². The molecule has 0 radical (unpaired) electrons. The molecule has 0 aliphatic rings. The number of pyridine rings is 1. The summed E-state index contributed by atoms with van der Waals surface area (Å²) in [4.78, 5) is 9.56. The van der Waals surface area contributed by atoms with Gasteiger partial charge in [-0.15, -0.1) is 0 Å². The molecule has 122 valence electrons. The zero-order valence-electron chi connectivity index (χ0n) is 13.4. The minimum atomic E-state index is -0.109. The normalized spacial score (nSPS) is 10.8. The Kier molecular flexibility index (Phi) is 5.94. The van der Waals surface area contributed by atoms with Gasteiger partial charge in [-0.05, 0) is 36.8 Å². The average Bonchev–Trinajstić information content (AvgIpc) is 2.57. The quantitative estimate of drug-likeness (QED) is 0.627. The van der Waals surface area contributed by atoms with Crippen LogP contribution < -0.4 is 9.47 Å². The monoisotopic (exact) mass is 316 g/mol. The molecule has 2 rings (SSSR count). The van der Waals surface area contributed by atoms with Gasteiger partial charge in [-0.25, -0.2) is 4.98 Å². The van der Waals surface area contributed by atoms with E-state index in [2.05, 4.69) is 10.1 Å². The topological polar surface area (TPSA) is 73.2 Å². The summed E-state index contributed by atoms with van der Waals surface area (Å²) in [6.07, 6.45) is 1.51. The Balaban J connectivity index is 2.06. The van der Waals surface area contributed by atoms with Gasteiger partial charge in [-0.3, -0.25) is 0 Å². The summed E-state index contributed by atoms with van der Waals surface area (Å²) in [5.41, 5.74) is 3.00. The Morgan fingerprint density at radius 3 is 2.48 bits per heavy atom. The summed E-state index contributed by atoms with van der Waals surface area (Å²) in [7, 11) is 3.18. The zero-order chi connectivity index (χ0) is 16.7. The molecule has 0 atom stereocenters. The van der Waals surface area contributed by atoms with Gasteiger partial charge in [0.05, 0.1) is 44.0 Å². The Morgan fingerprint density at radius 1 is 1.17 bits per heavy atom. The summed E-state index contributed by atoms with van der Waals surface area (Å²) in [6.45, 7) is 2.03. The van der Waals surface area contributed by atoms with Crippen molar-refractivity contribution in [1.82, 2.24) is 4.98 Å². The molecule has 6 nitrogen and oxygen atoms in total. The van der Waals surface area contributed by atoms with Crippen LogP contribution in [0.15, 0.2) is 35.5 Å². The molecule has 0 aliphatic heterocycles. The summed E-state index contributed by atoms with van der Waals surface area (Å²) in [6, 6.07) is 9.19. The average molecular weight is 316 g/mol. The van der Waals surface area contributed by atoms with Crippen LogP contribution >= 0.6 is 0 Å². The SMILES string of the molecule is COc1cccc(OC)c1CON=Cc1cc(C)cc(CO)n1. The second-order valence-corrected chi connectivity index (χ2v) is 4.87. The van der Waals surface area contributed by atoms with E-state index in [-0.39, 0.29) is 13.2 Å². The zero-order valence-corrected chi connectivity index (χ0v) is 13.4. The first-order chi connectivity index (χ1) is 11.2. The van der Waals surface area contributed by atoms with Crippen LogP contribution in [0.25, 0.3) is 0 Å². The Morgan fingerprint density at radius 2 is 1.87 bits per heavy atom. The minimum absolute atomic E-state index is 0.109. The number of ether oxygens (including phenoxy) is 2. The van der Waals surface area contributed by atoms with E-state index >= 15 is 0 Å². The Labute approximate surface area is 135 Å². The number of aryl methyl sites for hydroxylation is 1. The molecule has 0 bridgehead atoms. The van der Waals surface area contributed by atoms with Crippen LogP contribution in [0.2, 0.25) is 0 Å². The number of aromatic nitrogens is 1. The third-order valence-electron chi connectivity index (χ3n) is 3.20. The van der Waals surface area contributed by atoms with Gasteiger partial charge in [0.25, 0.3) is 0 Å². The number of nitrogens with zero attached hydrogens (tertiary/aromatic N) is 2. The largest absolute Gasteiger partial charge is 0.496 e. The summed E-state index contributed by atoms with van der Waals surface area (Å²) in [5, 5.41) is 13.1. The molecule has 0 spiro atoms. The van der Waals surface area contributed by atoms with E-state index < -0.39 is 0 Å². The lowest BCUT2D eigenvalue weighted by Gasteiger charge is -2.11. The van der Waals surface area contributed by atoms with Crippen LogP contribution in [0.4, 0.5) is 0 Å². The van der Waals surface area contributed by atoms with Gasteiger partial charge in [0.2, 0.25) is 0 Å². The number of methoxy groups -OCH3 is 2. The molecular weight excluding hydrogens is 296 g/mol. The molecule has 0 saturated carbocycles. The Bertz CT molecular complexity index is 664. The number of aliphatic hydroxyl groups excluding tert-OH is 1. The summed E-state index contributed by atoms with van der Waals surface area (Å²) < 4.78 is 10.6. The minimum Gasteiger partial charge on any atom is -0.496 e. The predicted octanol–water partition coefficient (Wildman–Crippen LogP) is 2.45. The highest BCUT2D eigenvalue weighted by atomic mass is 16.6. The molecule has 0 fully saturated rings. The summed E-state index contributed by atoms with van der Waals surface area (Å²) in [5.74, 6) is 1.35. The van der Waals surface area contributed by atoms with Gasteiger partial charge in [0, 0.05) is 0 Å². The van der Waals surface area contributed by atoms with Gasteiger partial charge < -0.3 is 19.4 Å². The third-order valence-corrected chi connectivity index (χ3v) is 3.20. The second kappa shape index (κ2) is 8.14. The van der Waals surface area contributed by atoms with E-state index in [1.54, 1.807) is 14.2 Å². The van der Waals surface area contributed by atoms with Gasteiger partial charge in [-0.2, -0.15) is 0 Å². The fourth-order valence-electron chi connectivity index (χ4n) is 2.18. The number of rotatable bonds is 7. The lowest BCUT2D eigenvalue weighted by Crippen LogP contribution is -1.99. The standard InChI is InChI=1S/C17H20N2O4/c1-12-7-13(19-14(8-12)10-20)9-18-23-11-15-16(21-2)5-4-6-17(15)22-3/h4-9,20H,10-11H2,1-3H3. The molecule has 0 amide bonds. The Hall–Kier alpha value is -2.60. The van der Waals surface area contributed by atoms with Crippen molar-refractivity contribution in [1.29, 1.82) is 0 Å². The maximum absolute atomic E-state index is 9.16. The first kappa shape index (κ1) is 16.8. The van der Waals surface area contributed by atoms with Crippen molar-refractivity contribution < 1.29 is 19.4 Å². The molecular formula is C17H20N2O4. The van der Waals surface area contributed by atoms with Crippen LogP contribution in [-0.4, -0.2) is 30.5 Å². The van der Waals surface area contributed by atoms with E-state index in [0.717, 1.165) is 11.1 Å². The van der Waals surface area contributed by atoms with Crippen LogP contribution in [0.1, 0.15) is 22.5 Å². The maximum atomic E-state index is 9.16. The number of oxime groups is 1. The van der Waals surface area contributed by atoms with Crippen molar-refractivity contribution in [2.45, 2.75) is 20.1 Å². The van der Waals surface area contributed by atoms with Crippen LogP contribution in [-0.2, 0) is 18.1 Å². The van der Waals surface area contributed by atoms with Gasteiger partial charge in [0.1, 0.15) is 18.1 Å². The molecule has 0 saturated heterocycles. The van der Waals surface area contributed by atoms with E-state index in [0.29, 0.717) is 22.9 Å². The lowest BCUT2D eigenvalue weighted by atomic mass is 10.2. The van der Waals surface area contributed by atoms with Crippen LogP contribution in [0, 0.1) is 6.92 Å².